The third-order valence-electron chi connectivity index (χ3n) is 9.36. The van der Waals surface area contributed by atoms with E-state index in [4.69, 9.17) is 0 Å². The van der Waals surface area contributed by atoms with Crippen LogP contribution in [0.15, 0.2) is 239 Å². The Morgan fingerprint density at radius 3 is 0.732 bits per heavy atom. The largest absolute Gasteiger partial charge is 0.376 e. The van der Waals surface area contributed by atoms with Crippen LogP contribution < -0.4 is 0 Å². The van der Waals surface area contributed by atoms with Crippen molar-refractivity contribution < 1.29 is 15.0 Å². The molecule has 0 spiro atoms. The predicted octanol–water partition coefficient (Wildman–Crippen LogP) is 12.4. The van der Waals surface area contributed by atoms with Gasteiger partial charge in [0, 0.05) is 20.1 Å². The third-order valence-corrected chi connectivity index (χ3v) is 10.4. The first-order valence-corrected chi connectivity index (χ1v) is 19.7. The molecule has 0 aliphatic heterocycles. The van der Waals surface area contributed by atoms with Gasteiger partial charge in [0.15, 0.2) is 5.78 Å². The average Bonchev–Trinajstić information content (AvgIpc) is 3.29. The Morgan fingerprint density at radius 2 is 0.500 bits per heavy atom. The maximum absolute atomic E-state index is 12.1. The van der Waals surface area contributed by atoms with Gasteiger partial charge in [-0.2, -0.15) is 0 Å². The van der Waals surface area contributed by atoms with E-state index in [9.17, 15) is 15.0 Å². The summed E-state index contributed by atoms with van der Waals surface area (Å²) in [7, 11) is 0. The zero-order valence-electron chi connectivity index (χ0n) is 30.5. The summed E-state index contributed by atoms with van der Waals surface area (Å²) >= 11 is 6.65. The van der Waals surface area contributed by atoms with Gasteiger partial charge in [0.25, 0.3) is 0 Å². The molecule has 0 amide bonds. The number of halogens is 2. The van der Waals surface area contributed by atoms with Crippen LogP contribution in [0, 0.1) is 0 Å². The molecule has 8 aromatic carbocycles. The molecule has 0 saturated heterocycles. The molecule has 2 N–H and O–H groups in total. The van der Waals surface area contributed by atoms with Gasteiger partial charge in [-0.15, -0.1) is 0 Å². The van der Waals surface area contributed by atoms with E-state index in [0.29, 0.717) is 0 Å². The number of benzene rings is 8. The number of rotatable bonds is 8. The van der Waals surface area contributed by atoms with Crippen LogP contribution in [0.5, 0.6) is 0 Å². The number of hydrogen-bond donors (Lipinski definition) is 2. The van der Waals surface area contributed by atoms with Gasteiger partial charge in [-0.25, -0.2) is 0 Å². The molecule has 56 heavy (non-hydrogen) atoms. The quantitative estimate of drug-likeness (QED) is 0.118. The lowest BCUT2D eigenvalue weighted by molar-refractivity contribution is 0.103. The first-order chi connectivity index (χ1) is 27.3. The van der Waals surface area contributed by atoms with Crippen molar-refractivity contribution in [1.82, 2.24) is 0 Å². The first-order valence-electron chi connectivity index (χ1n) is 18.1. The summed E-state index contributed by atoms with van der Waals surface area (Å²) in [4.78, 5) is 11.8. The summed E-state index contributed by atoms with van der Waals surface area (Å²) in [5.74, 6) is 0.0752. The topological polar surface area (TPSA) is 57.5 Å². The molecule has 5 heteroatoms. The van der Waals surface area contributed by atoms with Crippen LogP contribution >= 0.6 is 31.9 Å². The minimum Gasteiger partial charge on any atom is -0.376 e. The minimum atomic E-state index is -1.32. The molecule has 0 saturated carbocycles. The molecule has 0 aliphatic rings. The first kappa shape index (κ1) is 40.0. The van der Waals surface area contributed by atoms with Gasteiger partial charge in [0.1, 0.15) is 11.2 Å². The number of aliphatic hydroxyl groups is 2. The molecule has 0 bridgehead atoms. The van der Waals surface area contributed by atoms with Crippen molar-refractivity contribution >= 4 is 37.6 Å². The fourth-order valence-corrected chi connectivity index (χ4v) is 6.97. The standard InChI is InChI=1S/C32H26O2.C13H10O.C6H4Br2/c33-31(25-13-5-1-6-14-25,26-15-7-2-8-16-26)29-21-23-30(24-22-29)32(34,27-17-9-3-10-18-27)28-19-11-4-12-20-28;14-13(11-7-3-1-4-8-11)12-9-5-2-6-10-12;7-5-1-2-6(8)4-3-5/h1-24,33-34H;1-10H;1-4H. The molecule has 0 unspecified atom stereocenters. The van der Waals surface area contributed by atoms with Crippen molar-refractivity contribution in [2.75, 3.05) is 0 Å². The molecule has 3 nitrogen and oxygen atoms in total. The van der Waals surface area contributed by atoms with Gasteiger partial charge < -0.3 is 10.2 Å². The maximum Gasteiger partial charge on any atom is 0.193 e. The predicted molar refractivity (Wildman–Crippen MR) is 235 cm³/mol. The zero-order valence-corrected chi connectivity index (χ0v) is 33.7. The highest BCUT2D eigenvalue weighted by Crippen LogP contribution is 2.40. The normalized spacial score (nSPS) is 10.9. The summed E-state index contributed by atoms with van der Waals surface area (Å²) in [6.45, 7) is 0. The Labute approximate surface area is 345 Å². The number of carbonyl (C=O) groups excluding carboxylic acids is 1. The van der Waals surface area contributed by atoms with Crippen molar-refractivity contribution in [3.63, 3.8) is 0 Å². The third kappa shape index (κ3) is 9.57. The Morgan fingerprint density at radius 1 is 0.304 bits per heavy atom. The Kier molecular flexibility index (Phi) is 13.7. The Bertz CT molecular complexity index is 2120. The molecule has 0 atom stereocenters. The van der Waals surface area contributed by atoms with E-state index in [2.05, 4.69) is 31.9 Å². The molecule has 0 aliphatic carbocycles. The molecule has 0 aromatic heterocycles. The van der Waals surface area contributed by atoms with E-state index in [1.165, 1.54) is 0 Å². The van der Waals surface area contributed by atoms with Crippen LogP contribution in [-0.4, -0.2) is 16.0 Å². The highest BCUT2D eigenvalue weighted by Gasteiger charge is 2.36. The molecule has 276 valence electrons. The minimum absolute atomic E-state index is 0.0752. The van der Waals surface area contributed by atoms with Crippen LogP contribution in [0.4, 0.5) is 0 Å². The van der Waals surface area contributed by atoms with Crippen molar-refractivity contribution in [3.8, 4) is 0 Å². The summed E-state index contributed by atoms with van der Waals surface area (Å²) in [5, 5.41) is 24.2. The summed E-state index contributed by atoms with van der Waals surface area (Å²) in [6.07, 6.45) is 0. The average molecular weight is 861 g/mol. The van der Waals surface area contributed by atoms with Gasteiger partial charge in [-0.3, -0.25) is 4.79 Å². The van der Waals surface area contributed by atoms with Gasteiger partial charge in [-0.05, 0) is 57.6 Å². The SMILES string of the molecule is Brc1ccc(Br)cc1.O=C(c1ccccc1)c1ccccc1.OC(c1ccccc1)(c1ccccc1)c1ccc(C(O)(c2ccccc2)c2ccccc2)cc1. The second-order valence-electron chi connectivity index (χ2n) is 13.0. The van der Waals surface area contributed by atoms with Crippen LogP contribution in [0.1, 0.15) is 49.3 Å². The van der Waals surface area contributed by atoms with Gasteiger partial charge in [0.05, 0.1) is 0 Å². The van der Waals surface area contributed by atoms with Crippen molar-refractivity contribution in [1.29, 1.82) is 0 Å². The van der Waals surface area contributed by atoms with E-state index >= 15 is 0 Å². The second-order valence-corrected chi connectivity index (χ2v) is 14.8. The smallest absolute Gasteiger partial charge is 0.193 e. The van der Waals surface area contributed by atoms with Crippen LogP contribution in [0.25, 0.3) is 0 Å². The van der Waals surface area contributed by atoms with E-state index < -0.39 is 11.2 Å². The van der Waals surface area contributed by atoms with E-state index in [1.807, 2.05) is 231 Å². The molecular weight excluding hydrogens is 820 g/mol. The molecule has 0 fully saturated rings. The molecule has 0 heterocycles. The van der Waals surface area contributed by atoms with Gasteiger partial charge in [0.2, 0.25) is 0 Å². The Balaban J connectivity index is 0.000000196. The summed E-state index contributed by atoms with van der Waals surface area (Å²) in [5.41, 5.74) is 3.44. The highest BCUT2D eigenvalue weighted by molar-refractivity contribution is 9.11. The zero-order chi connectivity index (χ0) is 39.2. The second kappa shape index (κ2) is 19.3. The van der Waals surface area contributed by atoms with E-state index in [1.54, 1.807) is 0 Å². The van der Waals surface area contributed by atoms with Crippen LogP contribution in [-0.2, 0) is 11.2 Å². The molecular formula is C51H40Br2O3. The van der Waals surface area contributed by atoms with Gasteiger partial charge in [-0.1, -0.05) is 238 Å². The molecule has 8 aromatic rings. The molecule has 0 radical (unpaired) electrons. The van der Waals surface area contributed by atoms with Gasteiger partial charge >= 0.3 is 0 Å². The van der Waals surface area contributed by atoms with Crippen molar-refractivity contribution in [3.05, 3.63) is 284 Å². The maximum atomic E-state index is 12.1. The molecule has 8 rings (SSSR count). The lowest BCUT2D eigenvalue weighted by atomic mass is 9.77. The fraction of sp³-hybridized carbons (Fsp3) is 0.0392. The monoisotopic (exact) mass is 858 g/mol. The number of hydrogen-bond acceptors (Lipinski definition) is 3. The lowest BCUT2D eigenvalue weighted by Crippen LogP contribution is -2.31. The van der Waals surface area contributed by atoms with E-state index in [0.717, 1.165) is 53.5 Å². The van der Waals surface area contributed by atoms with E-state index in [-0.39, 0.29) is 5.78 Å². The van der Waals surface area contributed by atoms with Crippen molar-refractivity contribution in [2.24, 2.45) is 0 Å². The summed E-state index contributed by atoms with van der Waals surface area (Å²) < 4.78 is 2.22. The highest BCUT2D eigenvalue weighted by atomic mass is 79.9. The summed E-state index contributed by atoms with van der Waals surface area (Å²) in [6, 6.07) is 72.9. The fourth-order valence-electron chi connectivity index (χ4n) is 6.45. The van der Waals surface area contributed by atoms with Crippen LogP contribution in [0.3, 0.4) is 0 Å². The van der Waals surface area contributed by atoms with Crippen LogP contribution in [0.2, 0.25) is 0 Å². The number of ketones is 1. The van der Waals surface area contributed by atoms with Crippen molar-refractivity contribution in [2.45, 2.75) is 11.2 Å². The Hall–Kier alpha value is -5.69. The lowest BCUT2D eigenvalue weighted by Gasteiger charge is -2.33. The number of carbonyl (C=O) groups is 1.